The fourth-order valence-corrected chi connectivity index (χ4v) is 4.84. The van der Waals surface area contributed by atoms with Crippen LogP contribution in [0, 0.1) is 27.7 Å². The summed E-state index contributed by atoms with van der Waals surface area (Å²) in [6.07, 6.45) is 0. The normalized spacial score (nSPS) is 10.9. The van der Waals surface area contributed by atoms with Gasteiger partial charge in [-0.25, -0.2) is 0 Å². The predicted octanol–water partition coefficient (Wildman–Crippen LogP) is 3.19. The van der Waals surface area contributed by atoms with E-state index in [1.807, 2.05) is 0 Å². The third kappa shape index (κ3) is 3.15. The SMILES string of the molecule is [B][PH+](c1cc(C)c(OC)c(C)c1)c1cc(C)c(OC)c(C)c1. The minimum atomic E-state index is -1.29. The van der Waals surface area contributed by atoms with Crippen LogP contribution in [0.2, 0.25) is 0 Å². The van der Waals surface area contributed by atoms with E-state index >= 15 is 0 Å². The molecule has 0 aliphatic heterocycles. The van der Waals surface area contributed by atoms with Crippen molar-refractivity contribution in [2.24, 2.45) is 0 Å². The van der Waals surface area contributed by atoms with Gasteiger partial charge in [0.2, 0.25) is 0 Å². The fourth-order valence-electron chi connectivity index (χ4n) is 3.02. The van der Waals surface area contributed by atoms with Gasteiger partial charge in [-0.1, -0.05) is 0 Å². The maximum atomic E-state index is 6.60. The molecule has 22 heavy (non-hydrogen) atoms. The second-order valence-corrected chi connectivity index (χ2v) is 7.68. The summed E-state index contributed by atoms with van der Waals surface area (Å²) in [5.74, 6) is 1.89. The Labute approximate surface area is 136 Å². The van der Waals surface area contributed by atoms with Gasteiger partial charge in [-0.05, 0) is 74.2 Å². The summed E-state index contributed by atoms with van der Waals surface area (Å²) in [4.78, 5) is 0. The van der Waals surface area contributed by atoms with E-state index in [1.165, 1.54) is 10.6 Å². The summed E-state index contributed by atoms with van der Waals surface area (Å²) < 4.78 is 10.9. The Morgan fingerprint density at radius 2 is 0.955 bits per heavy atom. The van der Waals surface area contributed by atoms with Crippen LogP contribution >= 0.6 is 7.80 Å². The van der Waals surface area contributed by atoms with Gasteiger partial charge < -0.3 is 9.47 Å². The highest BCUT2D eigenvalue weighted by molar-refractivity contribution is 7.94. The van der Waals surface area contributed by atoms with Crippen LogP contribution in [0.3, 0.4) is 0 Å². The number of benzene rings is 2. The molecule has 0 aromatic heterocycles. The number of hydrogen-bond acceptors (Lipinski definition) is 2. The van der Waals surface area contributed by atoms with Gasteiger partial charge in [0.05, 0.1) is 24.8 Å². The first-order valence-corrected chi connectivity index (χ1v) is 8.90. The number of methoxy groups -OCH3 is 2. The highest BCUT2D eigenvalue weighted by Gasteiger charge is 2.21. The lowest BCUT2D eigenvalue weighted by atomic mass is 10.1. The van der Waals surface area contributed by atoms with Crippen molar-refractivity contribution in [2.45, 2.75) is 27.7 Å². The third-order valence-electron chi connectivity index (χ3n) is 3.95. The Balaban J connectivity index is 2.46. The smallest absolute Gasteiger partial charge is 0.374 e. The molecule has 2 aromatic carbocycles. The lowest BCUT2D eigenvalue weighted by molar-refractivity contribution is 0.408. The van der Waals surface area contributed by atoms with Crippen molar-refractivity contribution in [3.63, 3.8) is 0 Å². The Morgan fingerprint density at radius 3 is 1.18 bits per heavy atom. The van der Waals surface area contributed by atoms with Crippen LogP contribution in [0.1, 0.15) is 22.3 Å². The summed E-state index contributed by atoms with van der Waals surface area (Å²) in [6.45, 7) is 8.26. The van der Waals surface area contributed by atoms with Crippen molar-refractivity contribution in [3.05, 3.63) is 46.5 Å². The molecule has 0 heterocycles. The van der Waals surface area contributed by atoms with Crippen molar-refractivity contribution in [2.75, 3.05) is 14.2 Å². The maximum absolute atomic E-state index is 6.60. The van der Waals surface area contributed by atoms with E-state index in [9.17, 15) is 0 Å². The largest absolute Gasteiger partial charge is 0.496 e. The van der Waals surface area contributed by atoms with Crippen LogP contribution < -0.4 is 20.1 Å². The molecule has 0 aliphatic carbocycles. The molecule has 2 aromatic rings. The molecule has 0 N–H and O–H groups in total. The Hall–Kier alpha value is -1.47. The molecule has 0 spiro atoms. The first kappa shape index (κ1) is 16.9. The molecule has 0 fully saturated rings. The zero-order valence-electron chi connectivity index (χ0n) is 14.2. The Morgan fingerprint density at radius 1 is 0.682 bits per heavy atom. The lowest BCUT2D eigenvalue weighted by Crippen LogP contribution is -2.14. The van der Waals surface area contributed by atoms with Crippen LogP contribution in [0.4, 0.5) is 0 Å². The molecular formula is C18H23BO2P+. The quantitative estimate of drug-likeness (QED) is 0.637. The summed E-state index contributed by atoms with van der Waals surface area (Å²) in [5.41, 5.74) is 4.53. The molecule has 4 heteroatoms. The zero-order chi connectivity index (χ0) is 16.4. The van der Waals surface area contributed by atoms with Crippen molar-refractivity contribution in [1.29, 1.82) is 0 Å². The van der Waals surface area contributed by atoms with Crippen LogP contribution in [-0.2, 0) is 0 Å². The molecule has 0 unspecified atom stereocenters. The number of rotatable bonds is 4. The number of hydrogen-bond donors (Lipinski definition) is 0. The van der Waals surface area contributed by atoms with E-state index in [1.54, 1.807) is 14.2 Å². The molecule has 0 saturated carbocycles. The van der Waals surface area contributed by atoms with E-state index in [0.29, 0.717) is 0 Å². The fraction of sp³-hybridized carbons (Fsp3) is 0.333. The molecule has 0 atom stereocenters. The van der Waals surface area contributed by atoms with E-state index < -0.39 is 7.80 Å². The predicted molar refractivity (Wildman–Crippen MR) is 98.3 cm³/mol. The van der Waals surface area contributed by atoms with Gasteiger partial charge in [0.15, 0.2) is 0 Å². The van der Waals surface area contributed by atoms with Crippen molar-refractivity contribution < 1.29 is 9.47 Å². The summed E-state index contributed by atoms with van der Waals surface area (Å²) in [7, 11) is 8.72. The highest BCUT2D eigenvalue weighted by Crippen LogP contribution is 2.34. The number of ether oxygens (including phenoxy) is 2. The van der Waals surface area contributed by atoms with E-state index in [4.69, 9.17) is 17.0 Å². The average Bonchev–Trinajstić information content (AvgIpc) is 2.45. The van der Waals surface area contributed by atoms with Crippen LogP contribution in [0.5, 0.6) is 11.5 Å². The lowest BCUT2D eigenvalue weighted by Gasteiger charge is -2.14. The van der Waals surface area contributed by atoms with E-state index in [2.05, 4.69) is 52.0 Å². The summed E-state index contributed by atoms with van der Waals surface area (Å²) >= 11 is 0. The van der Waals surface area contributed by atoms with Gasteiger partial charge in [0, 0.05) is 7.80 Å². The minimum Gasteiger partial charge on any atom is -0.496 e. The molecule has 2 nitrogen and oxygen atoms in total. The Kier molecular flexibility index (Phi) is 5.18. The summed E-state index contributed by atoms with van der Waals surface area (Å²) in [6, 6.07) is 8.59. The maximum Gasteiger partial charge on any atom is 0.374 e. The average molecular weight is 313 g/mol. The monoisotopic (exact) mass is 313 g/mol. The van der Waals surface area contributed by atoms with Gasteiger partial charge in [0.1, 0.15) is 11.5 Å². The molecule has 114 valence electrons. The van der Waals surface area contributed by atoms with Gasteiger partial charge in [-0.3, -0.25) is 0 Å². The topological polar surface area (TPSA) is 18.5 Å². The van der Waals surface area contributed by atoms with Gasteiger partial charge in [-0.2, -0.15) is 0 Å². The van der Waals surface area contributed by atoms with Crippen molar-refractivity contribution in [3.8, 4) is 11.5 Å². The van der Waals surface area contributed by atoms with Gasteiger partial charge in [0.25, 0.3) is 0 Å². The van der Waals surface area contributed by atoms with Gasteiger partial charge in [-0.15, -0.1) is 0 Å². The zero-order valence-corrected chi connectivity index (χ0v) is 15.2. The first-order valence-electron chi connectivity index (χ1n) is 7.32. The van der Waals surface area contributed by atoms with Crippen molar-refractivity contribution in [1.82, 2.24) is 0 Å². The number of aryl methyl sites for hydroxylation is 4. The molecular weight excluding hydrogens is 290 g/mol. The third-order valence-corrected chi connectivity index (χ3v) is 5.77. The van der Waals surface area contributed by atoms with Crippen molar-refractivity contribution >= 4 is 26.0 Å². The first-order chi connectivity index (χ1) is 10.4. The van der Waals surface area contributed by atoms with Crippen LogP contribution in [0.15, 0.2) is 24.3 Å². The molecule has 0 amide bonds. The van der Waals surface area contributed by atoms with E-state index in [-0.39, 0.29) is 0 Å². The van der Waals surface area contributed by atoms with E-state index in [0.717, 1.165) is 33.8 Å². The molecule has 2 rings (SSSR count). The molecule has 2 radical (unpaired) electrons. The highest BCUT2D eigenvalue weighted by atomic mass is 31.1. The Bertz CT molecular complexity index is 592. The summed E-state index contributed by atoms with van der Waals surface area (Å²) in [5, 5.41) is 2.40. The molecule has 0 saturated heterocycles. The molecule has 0 bridgehead atoms. The molecule has 0 aliphatic rings. The van der Waals surface area contributed by atoms with Crippen LogP contribution in [0.25, 0.3) is 0 Å². The second-order valence-electron chi connectivity index (χ2n) is 5.70. The second kappa shape index (κ2) is 6.75. The standard InChI is InChI=1S/C18H23BO2P/c1-11-7-15(8-12(2)17(11)20-5)22(19)16-9-13(3)18(21-6)14(4)10-16/h7-10,22H,1-6H3/q+1. The minimum absolute atomic E-state index is 0.945. The van der Waals surface area contributed by atoms with Crippen LogP contribution in [-0.4, -0.2) is 21.8 Å². The van der Waals surface area contributed by atoms with Gasteiger partial charge >= 0.3 is 7.57 Å².